The molecule has 0 saturated heterocycles. The molecule has 64 valence electrons. The summed E-state index contributed by atoms with van der Waals surface area (Å²) in [7, 11) is 0. The molecule has 2 nitrogen and oxygen atoms in total. The van der Waals surface area contributed by atoms with E-state index in [9.17, 15) is 0 Å². The second-order valence-electron chi connectivity index (χ2n) is 2.47. The first-order chi connectivity index (χ1) is 5.68. The lowest BCUT2D eigenvalue weighted by molar-refractivity contribution is 0.150. The Balaban J connectivity index is 4.50. The third-order valence-corrected chi connectivity index (χ3v) is 1.33. The van der Waals surface area contributed by atoms with Gasteiger partial charge in [-0.1, -0.05) is 24.8 Å². The van der Waals surface area contributed by atoms with Crippen LogP contribution >= 0.6 is 0 Å². The zero-order valence-corrected chi connectivity index (χ0v) is 7.45. The van der Waals surface area contributed by atoms with Gasteiger partial charge in [0.05, 0.1) is 0 Å². The van der Waals surface area contributed by atoms with Crippen LogP contribution in [0.5, 0.6) is 0 Å². The fourth-order valence-electron chi connectivity index (χ4n) is 0.812. The molecule has 0 aliphatic heterocycles. The smallest absolute Gasteiger partial charge is 0.287 e. The van der Waals surface area contributed by atoms with Gasteiger partial charge in [0.1, 0.15) is 0 Å². The Morgan fingerprint density at radius 3 is 2.58 bits per heavy atom. The van der Waals surface area contributed by atoms with Gasteiger partial charge < -0.3 is 4.74 Å². The van der Waals surface area contributed by atoms with Gasteiger partial charge in [-0.05, 0) is 26.0 Å². The molecule has 0 fully saturated rings. The Morgan fingerprint density at radius 2 is 2.17 bits per heavy atom. The molecular weight excluding hydrogens is 150 g/mol. The van der Waals surface area contributed by atoms with Gasteiger partial charge in [0, 0.05) is 0 Å². The summed E-state index contributed by atoms with van der Waals surface area (Å²) >= 11 is 0. The maximum Gasteiger partial charge on any atom is 0.287 e. The molecule has 0 rings (SSSR count). The van der Waals surface area contributed by atoms with Gasteiger partial charge in [0.25, 0.3) is 6.26 Å². The molecule has 1 atom stereocenters. The van der Waals surface area contributed by atoms with Crippen molar-refractivity contribution in [3.63, 3.8) is 0 Å². The first kappa shape index (κ1) is 10.5. The van der Waals surface area contributed by atoms with E-state index in [1.165, 1.54) is 0 Å². The van der Waals surface area contributed by atoms with E-state index in [4.69, 9.17) is 10.00 Å². The van der Waals surface area contributed by atoms with Gasteiger partial charge in [-0.2, -0.15) is 5.26 Å². The van der Waals surface area contributed by atoms with Gasteiger partial charge in [0.15, 0.2) is 5.60 Å². The van der Waals surface area contributed by atoms with Crippen LogP contribution in [0.1, 0.15) is 13.8 Å². The van der Waals surface area contributed by atoms with E-state index in [0.717, 1.165) is 0 Å². The van der Waals surface area contributed by atoms with Gasteiger partial charge in [0.2, 0.25) is 0 Å². The fraction of sp³-hybridized carbons (Fsp3) is 0.300. The number of allylic oxidation sites excluding steroid dienone is 3. The van der Waals surface area contributed by atoms with Crippen LogP contribution in [0, 0.1) is 11.5 Å². The van der Waals surface area contributed by atoms with Crippen molar-refractivity contribution in [2.45, 2.75) is 19.4 Å². The average Bonchev–Trinajstić information content (AvgIpc) is 2.02. The molecule has 0 amide bonds. The van der Waals surface area contributed by atoms with E-state index in [2.05, 4.69) is 6.58 Å². The van der Waals surface area contributed by atoms with E-state index < -0.39 is 5.60 Å². The Labute approximate surface area is 73.5 Å². The molecule has 0 heterocycles. The summed E-state index contributed by atoms with van der Waals surface area (Å²) in [6.07, 6.45) is 10.5. The SMILES string of the molecule is C=C/C=C\C(C)(/C=C\C)OC#N. The molecule has 0 aromatic carbocycles. The van der Waals surface area contributed by atoms with Crippen molar-refractivity contribution in [3.8, 4) is 6.26 Å². The molecule has 0 radical (unpaired) electrons. The minimum absolute atomic E-state index is 0.641. The van der Waals surface area contributed by atoms with Gasteiger partial charge in [-0.15, -0.1) is 0 Å². The predicted octanol–water partition coefficient (Wildman–Crippen LogP) is 2.56. The molecule has 0 aromatic heterocycles. The standard InChI is InChI=1S/C10H13NO/c1-4-6-8-10(3,7-5-2)12-9-11/h4-8H,1H2,2-3H3/b7-5-,8-6-. The molecule has 0 saturated carbocycles. The molecule has 0 aromatic rings. The van der Waals surface area contributed by atoms with Crippen LogP contribution in [0.25, 0.3) is 0 Å². The summed E-state index contributed by atoms with van der Waals surface area (Å²) in [6.45, 7) is 7.21. The Bertz CT molecular complexity index is 235. The highest BCUT2D eigenvalue weighted by Crippen LogP contribution is 2.13. The number of nitriles is 1. The van der Waals surface area contributed by atoms with Crippen molar-refractivity contribution < 1.29 is 4.74 Å². The second-order valence-corrected chi connectivity index (χ2v) is 2.47. The lowest BCUT2D eigenvalue weighted by atomic mass is 10.1. The third-order valence-electron chi connectivity index (χ3n) is 1.33. The number of hydrogen-bond donors (Lipinski definition) is 0. The highest BCUT2D eigenvalue weighted by Gasteiger charge is 2.17. The first-order valence-corrected chi connectivity index (χ1v) is 3.69. The zero-order chi connectivity index (χ0) is 9.45. The Hall–Kier alpha value is -1.49. The summed E-state index contributed by atoms with van der Waals surface area (Å²) in [5.41, 5.74) is -0.641. The lowest BCUT2D eigenvalue weighted by Gasteiger charge is -2.17. The van der Waals surface area contributed by atoms with Crippen LogP contribution in [0.4, 0.5) is 0 Å². The molecule has 0 spiro atoms. The highest BCUT2D eigenvalue weighted by atomic mass is 16.5. The minimum atomic E-state index is -0.641. The topological polar surface area (TPSA) is 33.0 Å². The molecular formula is C10H13NO. The van der Waals surface area contributed by atoms with E-state index >= 15 is 0 Å². The fourth-order valence-corrected chi connectivity index (χ4v) is 0.812. The van der Waals surface area contributed by atoms with Crippen LogP contribution in [0.15, 0.2) is 37.0 Å². The van der Waals surface area contributed by atoms with Crippen LogP contribution in [-0.2, 0) is 4.74 Å². The normalized spacial score (nSPS) is 15.8. The summed E-state index contributed by atoms with van der Waals surface area (Å²) in [5.74, 6) is 0. The molecule has 2 heteroatoms. The monoisotopic (exact) mass is 163 g/mol. The number of rotatable bonds is 4. The molecule has 0 aliphatic rings. The summed E-state index contributed by atoms with van der Waals surface area (Å²) in [5, 5.41) is 8.36. The van der Waals surface area contributed by atoms with Crippen molar-refractivity contribution in [2.24, 2.45) is 0 Å². The zero-order valence-electron chi connectivity index (χ0n) is 7.45. The summed E-state index contributed by atoms with van der Waals surface area (Å²) in [4.78, 5) is 0. The molecule has 0 bridgehead atoms. The largest absolute Gasteiger partial charge is 0.413 e. The lowest BCUT2D eigenvalue weighted by Crippen LogP contribution is -2.20. The van der Waals surface area contributed by atoms with Crippen molar-refractivity contribution in [1.82, 2.24) is 0 Å². The van der Waals surface area contributed by atoms with Crippen molar-refractivity contribution in [1.29, 1.82) is 5.26 Å². The maximum absolute atomic E-state index is 8.36. The Morgan fingerprint density at radius 1 is 1.50 bits per heavy atom. The minimum Gasteiger partial charge on any atom is -0.413 e. The quantitative estimate of drug-likeness (QED) is 0.362. The van der Waals surface area contributed by atoms with E-state index in [-0.39, 0.29) is 0 Å². The van der Waals surface area contributed by atoms with Crippen molar-refractivity contribution >= 4 is 0 Å². The van der Waals surface area contributed by atoms with Crippen LogP contribution < -0.4 is 0 Å². The molecule has 12 heavy (non-hydrogen) atoms. The summed E-state index contributed by atoms with van der Waals surface area (Å²) < 4.78 is 4.86. The summed E-state index contributed by atoms with van der Waals surface area (Å²) in [6, 6.07) is 0. The predicted molar refractivity (Wildman–Crippen MR) is 49.3 cm³/mol. The van der Waals surface area contributed by atoms with Crippen molar-refractivity contribution in [3.05, 3.63) is 37.0 Å². The average molecular weight is 163 g/mol. The first-order valence-electron chi connectivity index (χ1n) is 3.69. The number of hydrogen-bond acceptors (Lipinski definition) is 2. The van der Waals surface area contributed by atoms with Gasteiger partial charge >= 0.3 is 0 Å². The van der Waals surface area contributed by atoms with Crippen LogP contribution in [0.3, 0.4) is 0 Å². The molecule has 0 N–H and O–H groups in total. The van der Waals surface area contributed by atoms with E-state index in [0.29, 0.717) is 0 Å². The number of nitrogens with zero attached hydrogens (tertiary/aromatic N) is 1. The van der Waals surface area contributed by atoms with Gasteiger partial charge in [-0.25, -0.2) is 0 Å². The van der Waals surface area contributed by atoms with Crippen LogP contribution in [0.2, 0.25) is 0 Å². The number of ether oxygens (including phenoxy) is 1. The Kier molecular flexibility index (Phi) is 4.55. The maximum atomic E-state index is 8.36. The van der Waals surface area contributed by atoms with Crippen LogP contribution in [-0.4, -0.2) is 5.60 Å². The second kappa shape index (κ2) is 5.20. The van der Waals surface area contributed by atoms with E-state index in [1.807, 2.05) is 13.0 Å². The van der Waals surface area contributed by atoms with Crippen molar-refractivity contribution in [2.75, 3.05) is 0 Å². The highest BCUT2D eigenvalue weighted by molar-refractivity contribution is 5.16. The van der Waals surface area contributed by atoms with E-state index in [1.54, 1.807) is 37.5 Å². The van der Waals surface area contributed by atoms with Gasteiger partial charge in [-0.3, -0.25) is 0 Å². The third kappa shape index (κ3) is 3.62. The molecule has 0 aliphatic carbocycles. The molecule has 1 unspecified atom stereocenters.